The first-order chi connectivity index (χ1) is 14.7. The number of hydrogen-bond acceptors (Lipinski definition) is 5. The highest BCUT2D eigenvalue weighted by Crippen LogP contribution is 2.39. The van der Waals surface area contributed by atoms with Crippen LogP contribution in [0, 0.1) is 0 Å². The average Bonchev–Trinajstić information content (AvgIpc) is 3.42. The van der Waals surface area contributed by atoms with Gasteiger partial charge >= 0.3 is 0 Å². The van der Waals surface area contributed by atoms with Crippen LogP contribution >= 0.6 is 11.8 Å². The van der Waals surface area contributed by atoms with Crippen molar-refractivity contribution in [1.29, 1.82) is 0 Å². The van der Waals surface area contributed by atoms with Crippen molar-refractivity contribution in [1.82, 2.24) is 15.1 Å². The van der Waals surface area contributed by atoms with Gasteiger partial charge in [-0.1, -0.05) is 18.6 Å². The predicted octanol–water partition coefficient (Wildman–Crippen LogP) is 3.66. The largest absolute Gasteiger partial charge is 0.467 e. The summed E-state index contributed by atoms with van der Waals surface area (Å²) in [5.74, 6) is 1.31. The smallest absolute Gasteiger partial charge is 0.251 e. The Morgan fingerprint density at radius 1 is 1.13 bits per heavy atom. The Balaban J connectivity index is 1.28. The van der Waals surface area contributed by atoms with Crippen LogP contribution in [-0.2, 0) is 11.3 Å². The lowest BCUT2D eigenvalue weighted by molar-refractivity contribution is -0.128. The van der Waals surface area contributed by atoms with Gasteiger partial charge in [0.15, 0.2) is 0 Å². The lowest BCUT2D eigenvalue weighted by Crippen LogP contribution is -2.33. The van der Waals surface area contributed by atoms with Crippen LogP contribution in [0.2, 0.25) is 0 Å². The van der Waals surface area contributed by atoms with Crippen LogP contribution < -0.4 is 5.32 Å². The highest BCUT2D eigenvalue weighted by Gasteiger charge is 2.33. The minimum atomic E-state index is -0.0516. The number of likely N-dealkylation sites (tertiary alicyclic amines) is 1. The summed E-state index contributed by atoms with van der Waals surface area (Å²) in [6.07, 6.45) is 6.53. The Kier molecular flexibility index (Phi) is 7.12. The molecule has 0 saturated carbocycles. The van der Waals surface area contributed by atoms with Gasteiger partial charge in [0.1, 0.15) is 11.1 Å². The van der Waals surface area contributed by atoms with Gasteiger partial charge in [0.25, 0.3) is 5.91 Å². The van der Waals surface area contributed by atoms with E-state index in [2.05, 4.69) is 10.2 Å². The number of furan rings is 1. The normalized spacial score (nSPS) is 19.9. The molecule has 1 aromatic heterocycles. The first kappa shape index (κ1) is 21.0. The molecule has 0 aliphatic carbocycles. The van der Waals surface area contributed by atoms with Gasteiger partial charge in [-0.3, -0.25) is 9.59 Å². The molecule has 0 bridgehead atoms. The summed E-state index contributed by atoms with van der Waals surface area (Å²) in [7, 11) is 0. The summed E-state index contributed by atoms with van der Waals surface area (Å²) < 4.78 is 5.40. The lowest BCUT2D eigenvalue weighted by Gasteiger charge is -2.26. The van der Waals surface area contributed by atoms with Gasteiger partial charge in [0.2, 0.25) is 5.91 Å². The molecule has 30 heavy (non-hydrogen) atoms. The van der Waals surface area contributed by atoms with Crippen molar-refractivity contribution in [2.45, 2.75) is 37.6 Å². The van der Waals surface area contributed by atoms with Gasteiger partial charge in [-0.2, -0.15) is 0 Å². The predicted molar refractivity (Wildman–Crippen MR) is 118 cm³/mol. The molecule has 1 aromatic carbocycles. The standard InChI is InChI=1S/C23H29N3O3S/c27-21-17-30-23(26(21)16-20-6-4-15-29-20)19-9-7-18(8-10-19)22(28)24-11-5-14-25-12-2-1-3-13-25/h4,6-10,15,23H,1-3,5,11-14,16-17H2,(H,24,28). The van der Waals surface area contributed by atoms with Crippen molar-refractivity contribution in [2.24, 2.45) is 0 Å². The second kappa shape index (κ2) is 10.2. The number of rotatable bonds is 8. The molecule has 160 valence electrons. The maximum atomic E-state index is 12.4. The molecule has 2 saturated heterocycles. The Morgan fingerprint density at radius 2 is 1.93 bits per heavy atom. The van der Waals surface area contributed by atoms with Crippen LogP contribution in [0.4, 0.5) is 0 Å². The molecule has 1 atom stereocenters. The van der Waals surface area contributed by atoms with Gasteiger partial charge in [-0.05, 0) is 68.7 Å². The number of carbonyl (C=O) groups is 2. The molecular weight excluding hydrogens is 398 g/mol. The maximum absolute atomic E-state index is 12.4. The second-order valence-electron chi connectivity index (χ2n) is 7.90. The summed E-state index contributed by atoms with van der Waals surface area (Å²) in [4.78, 5) is 29.1. The molecule has 2 aliphatic heterocycles. The van der Waals surface area contributed by atoms with Crippen LogP contribution in [0.25, 0.3) is 0 Å². The molecule has 0 spiro atoms. The van der Waals surface area contributed by atoms with Gasteiger partial charge < -0.3 is 19.5 Å². The fraction of sp³-hybridized carbons (Fsp3) is 0.478. The minimum absolute atomic E-state index is 0.0391. The number of carbonyl (C=O) groups excluding carboxylic acids is 2. The number of hydrogen-bond donors (Lipinski definition) is 1. The van der Waals surface area contributed by atoms with E-state index in [4.69, 9.17) is 4.42 Å². The van der Waals surface area contributed by atoms with Crippen LogP contribution in [0.15, 0.2) is 47.1 Å². The molecule has 1 unspecified atom stereocenters. The Morgan fingerprint density at radius 3 is 2.67 bits per heavy atom. The lowest BCUT2D eigenvalue weighted by atomic mass is 10.1. The molecule has 2 amide bonds. The first-order valence-electron chi connectivity index (χ1n) is 10.7. The number of nitrogens with one attached hydrogen (secondary N) is 1. The summed E-state index contributed by atoms with van der Waals surface area (Å²) >= 11 is 1.61. The van der Waals surface area contributed by atoms with E-state index in [0.29, 0.717) is 24.4 Å². The molecule has 1 N–H and O–H groups in total. The second-order valence-corrected chi connectivity index (χ2v) is 8.97. The molecule has 2 aliphatic rings. The molecule has 0 radical (unpaired) electrons. The molecule has 3 heterocycles. The highest BCUT2D eigenvalue weighted by molar-refractivity contribution is 8.00. The monoisotopic (exact) mass is 427 g/mol. The molecule has 7 heteroatoms. The summed E-state index contributed by atoms with van der Waals surface area (Å²) in [6.45, 7) is 4.59. The maximum Gasteiger partial charge on any atom is 0.251 e. The van der Waals surface area contributed by atoms with Crippen molar-refractivity contribution < 1.29 is 14.0 Å². The molecule has 2 fully saturated rings. The van der Waals surface area contributed by atoms with Gasteiger partial charge in [-0.25, -0.2) is 0 Å². The molecule has 6 nitrogen and oxygen atoms in total. The third kappa shape index (κ3) is 5.26. The number of nitrogens with zero attached hydrogens (tertiary/aromatic N) is 2. The summed E-state index contributed by atoms with van der Waals surface area (Å²) in [5.41, 5.74) is 1.68. The van der Waals surface area contributed by atoms with E-state index in [9.17, 15) is 9.59 Å². The summed E-state index contributed by atoms with van der Waals surface area (Å²) in [5, 5.41) is 2.97. The molecule has 2 aromatic rings. The number of thioether (sulfide) groups is 1. The Hall–Kier alpha value is -2.25. The highest BCUT2D eigenvalue weighted by atomic mass is 32.2. The third-order valence-corrected chi connectivity index (χ3v) is 6.97. The zero-order valence-corrected chi connectivity index (χ0v) is 18.0. The molecule has 4 rings (SSSR count). The van der Waals surface area contributed by atoms with E-state index in [1.807, 2.05) is 41.3 Å². The zero-order chi connectivity index (χ0) is 20.8. The number of benzene rings is 1. The van der Waals surface area contributed by atoms with E-state index in [1.165, 1.54) is 32.4 Å². The van der Waals surface area contributed by atoms with E-state index < -0.39 is 0 Å². The van der Waals surface area contributed by atoms with Crippen molar-refractivity contribution in [2.75, 3.05) is 31.9 Å². The van der Waals surface area contributed by atoms with Gasteiger partial charge in [0, 0.05) is 12.1 Å². The van der Waals surface area contributed by atoms with E-state index in [-0.39, 0.29) is 17.2 Å². The van der Waals surface area contributed by atoms with Gasteiger partial charge in [0.05, 0.1) is 18.6 Å². The fourth-order valence-electron chi connectivity index (χ4n) is 4.06. The van der Waals surface area contributed by atoms with Crippen LogP contribution in [0.5, 0.6) is 0 Å². The quantitative estimate of drug-likeness (QED) is 0.652. The number of amides is 2. The average molecular weight is 428 g/mol. The van der Waals surface area contributed by atoms with E-state index >= 15 is 0 Å². The van der Waals surface area contributed by atoms with E-state index in [0.717, 1.165) is 24.3 Å². The summed E-state index contributed by atoms with van der Waals surface area (Å²) in [6, 6.07) is 11.3. The van der Waals surface area contributed by atoms with Crippen LogP contribution in [0.3, 0.4) is 0 Å². The van der Waals surface area contributed by atoms with Crippen molar-refractivity contribution in [3.8, 4) is 0 Å². The van der Waals surface area contributed by atoms with Crippen LogP contribution in [-0.4, -0.2) is 53.5 Å². The first-order valence-corrected chi connectivity index (χ1v) is 11.8. The minimum Gasteiger partial charge on any atom is -0.467 e. The third-order valence-electron chi connectivity index (χ3n) is 5.72. The number of piperidine rings is 1. The van der Waals surface area contributed by atoms with Crippen LogP contribution in [0.1, 0.15) is 52.7 Å². The van der Waals surface area contributed by atoms with Crippen molar-refractivity contribution in [3.63, 3.8) is 0 Å². The Bertz CT molecular complexity index is 832. The molecular formula is C23H29N3O3S. The Labute approximate surface area is 182 Å². The van der Waals surface area contributed by atoms with Crippen molar-refractivity contribution >= 4 is 23.6 Å². The van der Waals surface area contributed by atoms with Gasteiger partial charge in [-0.15, -0.1) is 11.8 Å². The fourth-order valence-corrected chi connectivity index (χ4v) is 5.25. The van der Waals surface area contributed by atoms with E-state index in [1.54, 1.807) is 18.0 Å². The zero-order valence-electron chi connectivity index (χ0n) is 17.2. The topological polar surface area (TPSA) is 65.8 Å². The van der Waals surface area contributed by atoms with Crippen molar-refractivity contribution in [3.05, 3.63) is 59.5 Å². The SMILES string of the molecule is O=C(NCCCN1CCCCC1)c1ccc(C2SCC(=O)N2Cc2ccco2)cc1.